The maximum atomic E-state index is 6.30. The van der Waals surface area contributed by atoms with Gasteiger partial charge in [-0.1, -0.05) is 6.08 Å². The van der Waals surface area contributed by atoms with Gasteiger partial charge in [0.05, 0.1) is 12.2 Å². The summed E-state index contributed by atoms with van der Waals surface area (Å²) >= 11 is 0. The van der Waals surface area contributed by atoms with Crippen LogP contribution < -0.4 is 0 Å². The zero-order valence-electron chi connectivity index (χ0n) is 10.8. The molecule has 0 aromatic heterocycles. The molecular weight excluding hydrogens is 200 g/mol. The van der Waals surface area contributed by atoms with Crippen LogP contribution in [0.4, 0.5) is 0 Å². The van der Waals surface area contributed by atoms with E-state index in [1.54, 1.807) is 0 Å². The second-order valence-electron chi connectivity index (χ2n) is 6.19. The Morgan fingerprint density at radius 2 is 2.06 bits per heavy atom. The molecule has 1 aliphatic heterocycles. The molecule has 16 heavy (non-hydrogen) atoms. The molecule has 92 valence electrons. The maximum absolute atomic E-state index is 6.30. The Labute approximate surface area is 99.0 Å². The Morgan fingerprint density at radius 1 is 1.31 bits per heavy atom. The van der Waals surface area contributed by atoms with E-state index in [0.29, 0.717) is 0 Å². The maximum Gasteiger partial charge on any atom is 0.174 e. The van der Waals surface area contributed by atoms with Crippen LogP contribution in [0.1, 0.15) is 52.9 Å². The van der Waals surface area contributed by atoms with Crippen LogP contribution in [0.15, 0.2) is 12.7 Å². The third-order valence-corrected chi connectivity index (χ3v) is 3.89. The highest BCUT2D eigenvalue weighted by atomic mass is 16.7. The van der Waals surface area contributed by atoms with Crippen LogP contribution in [0.5, 0.6) is 0 Å². The molecule has 2 aliphatic rings. The van der Waals surface area contributed by atoms with Gasteiger partial charge in [-0.05, 0) is 46.5 Å². The van der Waals surface area contributed by atoms with Gasteiger partial charge in [-0.15, -0.1) is 6.58 Å². The summed E-state index contributed by atoms with van der Waals surface area (Å²) < 4.78 is 12.3. The van der Waals surface area contributed by atoms with Gasteiger partial charge < -0.3 is 9.47 Å². The first-order valence-electron chi connectivity index (χ1n) is 6.38. The van der Waals surface area contributed by atoms with Crippen LogP contribution in [-0.4, -0.2) is 18.0 Å². The van der Waals surface area contributed by atoms with Crippen molar-refractivity contribution in [2.45, 2.75) is 64.3 Å². The number of hydrogen-bond acceptors (Lipinski definition) is 2. The van der Waals surface area contributed by atoms with E-state index in [2.05, 4.69) is 27.4 Å². The first kappa shape index (κ1) is 12.1. The lowest BCUT2D eigenvalue weighted by atomic mass is 9.77. The van der Waals surface area contributed by atoms with Crippen molar-refractivity contribution in [2.75, 3.05) is 6.61 Å². The zero-order valence-corrected chi connectivity index (χ0v) is 10.8. The predicted octanol–water partition coefficient (Wildman–Crippen LogP) is 3.66. The smallest absolute Gasteiger partial charge is 0.174 e. The molecule has 1 saturated heterocycles. The minimum absolute atomic E-state index is 0.138. The highest BCUT2D eigenvalue weighted by Crippen LogP contribution is 2.59. The molecular formula is C14H24O2. The normalized spacial score (nSPS) is 38.7. The molecule has 0 amide bonds. The summed E-state index contributed by atoms with van der Waals surface area (Å²) in [5.74, 6) is -0.334. The molecule has 0 unspecified atom stereocenters. The van der Waals surface area contributed by atoms with Gasteiger partial charge in [0.15, 0.2) is 5.79 Å². The summed E-state index contributed by atoms with van der Waals surface area (Å²) in [5, 5.41) is 0. The van der Waals surface area contributed by atoms with Crippen molar-refractivity contribution < 1.29 is 9.47 Å². The van der Waals surface area contributed by atoms with Crippen LogP contribution in [0.2, 0.25) is 0 Å². The van der Waals surface area contributed by atoms with E-state index in [9.17, 15) is 0 Å². The molecule has 2 fully saturated rings. The molecule has 1 saturated carbocycles. The van der Waals surface area contributed by atoms with Gasteiger partial charge in [-0.25, -0.2) is 0 Å². The Hall–Kier alpha value is -0.340. The molecule has 2 atom stereocenters. The molecule has 2 rings (SSSR count). The minimum Gasteiger partial charge on any atom is -0.349 e. The lowest BCUT2D eigenvalue weighted by molar-refractivity contribution is -0.287. The average molecular weight is 224 g/mol. The van der Waals surface area contributed by atoms with Crippen molar-refractivity contribution in [3.8, 4) is 0 Å². The first-order valence-corrected chi connectivity index (χ1v) is 6.38. The standard InChI is InChI=1S/C14H24O2/c1-5-7-13-8-6-9-14(13,15-11-10-13)16-12(2,3)4/h5H,1,6-11H2,2-4H3/t13-,14+/m0/s1. The van der Waals surface area contributed by atoms with Crippen LogP contribution >= 0.6 is 0 Å². The minimum atomic E-state index is -0.334. The summed E-state index contributed by atoms with van der Waals surface area (Å²) in [5.41, 5.74) is 0.0587. The second kappa shape index (κ2) is 3.85. The van der Waals surface area contributed by atoms with Crippen LogP contribution in [-0.2, 0) is 9.47 Å². The molecule has 0 radical (unpaired) electrons. The number of fused-ring (bicyclic) bond motifs is 1. The van der Waals surface area contributed by atoms with Gasteiger partial charge in [0.25, 0.3) is 0 Å². The van der Waals surface area contributed by atoms with Crippen molar-refractivity contribution in [3.05, 3.63) is 12.7 Å². The molecule has 1 heterocycles. The summed E-state index contributed by atoms with van der Waals surface area (Å²) in [6.07, 6.45) is 7.64. The highest BCUT2D eigenvalue weighted by Gasteiger charge is 2.60. The SMILES string of the molecule is C=CC[C@@]12CCC[C@]1(OC(C)(C)C)OCC2. The first-order chi connectivity index (χ1) is 7.43. The molecule has 0 bridgehead atoms. The van der Waals surface area contributed by atoms with Gasteiger partial charge in [0.2, 0.25) is 0 Å². The van der Waals surface area contributed by atoms with Crippen molar-refractivity contribution in [3.63, 3.8) is 0 Å². The van der Waals surface area contributed by atoms with E-state index in [4.69, 9.17) is 9.47 Å². The van der Waals surface area contributed by atoms with E-state index in [1.165, 1.54) is 12.8 Å². The molecule has 2 heteroatoms. The Bertz CT molecular complexity index is 265. The third-order valence-electron chi connectivity index (χ3n) is 3.89. The quantitative estimate of drug-likeness (QED) is 0.681. The van der Waals surface area contributed by atoms with Crippen molar-refractivity contribution in [1.29, 1.82) is 0 Å². The Kier molecular flexibility index (Phi) is 2.92. The molecule has 0 spiro atoms. The van der Waals surface area contributed by atoms with Crippen molar-refractivity contribution >= 4 is 0 Å². The highest BCUT2D eigenvalue weighted by molar-refractivity contribution is 5.06. The van der Waals surface area contributed by atoms with Crippen molar-refractivity contribution in [1.82, 2.24) is 0 Å². The third kappa shape index (κ3) is 1.82. The lowest BCUT2D eigenvalue weighted by Gasteiger charge is -2.42. The lowest BCUT2D eigenvalue weighted by Crippen LogP contribution is -2.47. The number of rotatable bonds is 3. The summed E-state index contributed by atoms with van der Waals surface area (Å²) in [6.45, 7) is 11.1. The van der Waals surface area contributed by atoms with Gasteiger partial charge in [-0.3, -0.25) is 0 Å². The molecule has 0 N–H and O–H groups in total. The monoisotopic (exact) mass is 224 g/mol. The van der Waals surface area contributed by atoms with E-state index in [-0.39, 0.29) is 16.8 Å². The summed E-state index contributed by atoms with van der Waals surface area (Å²) in [4.78, 5) is 0. The Balaban J connectivity index is 2.26. The van der Waals surface area contributed by atoms with Gasteiger partial charge in [0, 0.05) is 11.8 Å². The molecule has 2 nitrogen and oxygen atoms in total. The predicted molar refractivity (Wildman–Crippen MR) is 65.2 cm³/mol. The number of hydrogen-bond donors (Lipinski definition) is 0. The van der Waals surface area contributed by atoms with Crippen LogP contribution in [0.25, 0.3) is 0 Å². The molecule has 1 aliphatic carbocycles. The topological polar surface area (TPSA) is 18.5 Å². The number of allylic oxidation sites excluding steroid dienone is 1. The summed E-state index contributed by atoms with van der Waals surface area (Å²) in [6, 6.07) is 0. The Morgan fingerprint density at radius 3 is 2.69 bits per heavy atom. The molecule has 0 aromatic carbocycles. The van der Waals surface area contributed by atoms with E-state index in [1.807, 2.05) is 6.08 Å². The second-order valence-corrected chi connectivity index (χ2v) is 6.19. The average Bonchev–Trinajstić information content (AvgIpc) is 2.56. The van der Waals surface area contributed by atoms with Gasteiger partial charge in [0.1, 0.15) is 0 Å². The fourth-order valence-corrected chi connectivity index (χ4v) is 3.39. The largest absolute Gasteiger partial charge is 0.349 e. The van der Waals surface area contributed by atoms with Crippen LogP contribution in [0, 0.1) is 5.41 Å². The van der Waals surface area contributed by atoms with Crippen molar-refractivity contribution in [2.24, 2.45) is 5.41 Å². The van der Waals surface area contributed by atoms with Gasteiger partial charge >= 0.3 is 0 Å². The van der Waals surface area contributed by atoms with Crippen LogP contribution in [0.3, 0.4) is 0 Å². The van der Waals surface area contributed by atoms with E-state index < -0.39 is 0 Å². The fourth-order valence-electron chi connectivity index (χ4n) is 3.39. The summed E-state index contributed by atoms with van der Waals surface area (Å²) in [7, 11) is 0. The molecule has 0 aromatic rings. The zero-order chi connectivity index (χ0) is 11.9. The fraction of sp³-hybridized carbons (Fsp3) is 0.857. The van der Waals surface area contributed by atoms with E-state index in [0.717, 1.165) is 25.9 Å². The van der Waals surface area contributed by atoms with Gasteiger partial charge in [-0.2, -0.15) is 0 Å². The van der Waals surface area contributed by atoms with E-state index >= 15 is 0 Å². The number of ether oxygens (including phenoxy) is 2.